The van der Waals surface area contributed by atoms with Gasteiger partial charge in [-0.1, -0.05) is 13.8 Å². The van der Waals surface area contributed by atoms with Crippen LogP contribution in [0.25, 0.3) is 0 Å². The fourth-order valence-corrected chi connectivity index (χ4v) is 7.19. The van der Waals surface area contributed by atoms with Crippen molar-refractivity contribution in [3.8, 4) is 0 Å². The molecular formula is C19H32O3. The van der Waals surface area contributed by atoms with Crippen LogP contribution in [0.5, 0.6) is 0 Å². The van der Waals surface area contributed by atoms with Gasteiger partial charge in [-0.2, -0.15) is 0 Å². The number of rotatable bonds is 0. The zero-order valence-electron chi connectivity index (χ0n) is 14.0. The second-order valence-corrected chi connectivity index (χ2v) is 9.30. The van der Waals surface area contributed by atoms with Crippen molar-refractivity contribution in [2.45, 2.75) is 83.5 Å². The Morgan fingerprint density at radius 1 is 0.773 bits per heavy atom. The molecule has 0 radical (unpaired) electrons. The first-order chi connectivity index (χ1) is 10.4. The first-order valence-corrected chi connectivity index (χ1v) is 9.41. The molecule has 3 N–H and O–H groups in total. The van der Waals surface area contributed by atoms with Gasteiger partial charge >= 0.3 is 0 Å². The number of hydrogen-bond donors (Lipinski definition) is 3. The van der Waals surface area contributed by atoms with Gasteiger partial charge in [0.1, 0.15) is 0 Å². The zero-order valence-corrected chi connectivity index (χ0v) is 14.0. The fourth-order valence-electron chi connectivity index (χ4n) is 7.19. The molecule has 0 heterocycles. The van der Waals surface area contributed by atoms with Gasteiger partial charge in [-0.3, -0.25) is 0 Å². The van der Waals surface area contributed by atoms with Crippen LogP contribution in [0, 0.1) is 34.5 Å². The van der Waals surface area contributed by atoms with Crippen LogP contribution in [0.2, 0.25) is 0 Å². The molecule has 0 aromatic carbocycles. The van der Waals surface area contributed by atoms with Crippen molar-refractivity contribution < 1.29 is 15.3 Å². The minimum atomic E-state index is -0.362. The minimum Gasteiger partial charge on any atom is -0.393 e. The molecular weight excluding hydrogens is 276 g/mol. The van der Waals surface area contributed by atoms with Crippen LogP contribution >= 0.6 is 0 Å². The Bertz CT molecular complexity index is 452. The summed E-state index contributed by atoms with van der Waals surface area (Å²) in [6.07, 6.45) is 7.46. The molecule has 0 bridgehead atoms. The van der Waals surface area contributed by atoms with Gasteiger partial charge in [0.25, 0.3) is 0 Å². The summed E-state index contributed by atoms with van der Waals surface area (Å²) in [6, 6.07) is 0. The SMILES string of the molecule is C[C@@]12C(O)CC[C@H]1[C@@H]1CC[C@H]3CC(O)CC[C@]3(C)[C@H]1CC2O. The molecule has 0 amide bonds. The lowest BCUT2D eigenvalue weighted by Crippen LogP contribution is -2.59. The molecule has 3 heteroatoms. The molecule has 3 nitrogen and oxygen atoms in total. The molecule has 0 aromatic rings. The Balaban J connectivity index is 1.66. The van der Waals surface area contributed by atoms with Crippen molar-refractivity contribution in [2.75, 3.05) is 0 Å². The second kappa shape index (κ2) is 4.94. The molecule has 0 spiro atoms. The van der Waals surface area contributed by atoms with E-state index in [1.165, 1.54) is 12.8 Å². The summed E-state index contributed by atoms with van der Waals surface area (Å²) in [7, 11) is 0. The van der Waals surface area contributed by atoms with Crippen molar-refractivity contribution in [2.24, 2.45) is 34.5 Å². The Kier molecular flexibility index (Phi) is 3.46. The molecule has 3 unspecified atom stereocenters. The van der Waals surface area contributed by atoms with Crippen molar-refractivity contribution in [3.63, 3.8) is 0 Å². The highest BCUT2D eigenvalue weighted by Crippen LogP contribution is 2.66. The van der Waals surface area contributed by atoms with E-state index in [-0.39, 0.29) is 29.1 Å². The predicted octanol–water partition coefficient (Wildman–Crippen LogP) is 2.72. The van der Waals surface area contributed by atoms with Gasteiger partial charge in [0, 0.05) is 5.41 Å². The van der Waals surface area contributed by atoms with E-state index >= 15 is 0 Å². The highest BCUT2D eigenvalue weighted by Gasteiger charge is 2.63. The third-order valence-corrected chi connectivity index (χ3v) is 8.70. The van der Waals surface area contributed by atoms with Crippen LogP contribution in [-0.4, -0.2) is 33.6 Å². The zero-order chi connectivity index (χ0) is 15.7. The van der Waals surface area contributed by atoms with Crippen LogP contribution in [0.3, 0.4) is 0 Å². The second-order valence-electron chi connectivity index (χ2n) is 9.30. The molecule has 4 fully saturated rings. The van der Waals surface area contributed by atoms with Gasteiger partial charge in [0.15, 0.2) is 0 Å². The molecule has 0 aliphatic heterocycles. The van der Waals surface area contributed by atoms with E-state index in [9.17, 15) is 15.3 Å². The van der Waals surface area contributed by atoms with Gasteiger partial charge in [0.2, 0.25) is 0 Å². The standard InChI is InChI=1S/C19H32O3/c1-18-8-7-12(20)9-11(18)3-4-13-14-5-6-16(21)19(14,2)17(22)10-15(13)18/h11-17,20-22H,3-10H2,1-2H3/t11-,12?,13-,14-,15-,16?,17?,18-,19-/m0/s1. The van der Waals surface area contributed by atoms with Crippen LogP contribution in [0.1, 0.15) is 65.2 Å². The largest absolute Gasteiger partial charge is 0.393 e. The molecule has 4 aliphatic rings. The van der Waals surface area contributed by atoms with E-state index in [0.717, 1.165) is 38.5 Å². The maximum atomic E-state index is 10.9. The lowest BCUT2D eigenvalue weighted by Gasteiger charge is -2.61. The van der Waals surface area contributed by atoms with E-state index in [2.05, 4.69) is 13.8 Å². The van der Waals surface area contributed by atoms with E-state index in [0.29, 0.717) is 23.7 Å². The van der Waals surface area contributed by atoms with E-state index in [4.69, 9.17) is 0 Å². The summed E-state index contributed by atoms with van der Waals surface area (Å²) in [5, 5.41) is 31.4. The maximum Gasteiger partial charge on any atom is 0.0624 e. The number of aliphatic hydroxyl groups is 3. The summed E-state index contributed by atoms with van der Waals surface area (Å²) >= 11 is 0. The van der Waals surface area contributed by atoms with Gasteiger partial charge in [0.05, 0.1) is 18.3 Å². The summed E-state index contributed by atoms with van der Waals surface area (Å²) < 4.78 is 0. The van der Waals surface area contributed by atoms with E-state index in [1.54, 1.807) is 0 Å². The lowest BCUT2D eigenvalue weighted by molar-refractivity contribution is -0.180. The number of hydrogen-bond acceptors (Lipinski definition) is 3. The highest BCUT2D eigenvalue weighted by atomic mass is 16.3. The molecule has 0 aromatic heterocycles. The van der Waals surface area contributed by atoms with Crippen LogP contribution in [-0.2, 0) is 0 Å². The summed E-state index contributed by atoms with van der Waals surface area (Å²) in [4.78, 5) is 0. The topological polar surface area (TPSA) is 60.7 Å². The smallest absolute Gasteiger partial charge is 0.0624 e. The molecule has 22 heavy (non-hydrogen) atoms. The molecule has 0 saturated heterocycles. The quantitative estimate of drug-likeness (QED) is 0.645. The maximum absolute atomic E-state index is 10.9. The highest BCUT2D eigenvalue weighted by molar-refractivity contribution is 5.12. The van der Waals surface area contributed by atoms with Crippen LogP contribution in [0.15, 0.2) is 0 Å². The van der Waals surface area contributed by atoms with Gasteiger partial charge < -0.3 is 15.3 Å². The fraction of sp³-hybridized carbons (Fsp3) is 1.00. The monoisotopic (exact) mass is 308 g/mol. The number of aliphatic hydroxyl groups excluding tert-OH is 3. The van der Waals surface area contributed by atoms with Gasteiger partial charge in [-0.15, -0.1) is 0 Å². The molecule has 4 aliphatic carbocycles. The van der Waals surface area contributed by atoms with Crippen molar-refractivity contribution in [3.05, 3.63) is 0 Å². The Hall–Kier alpha value is -0.120. The molecule has 4 rings (SSSR count). The van der Waals surface area contributed by atoms with Crippen LogP contribution in [0.4, 0.5) is 0 Å². The lowest BCUT2D eigenvalue weighted by atomic mass is 9.44. The van der Waals surface area contributed by atoms with Crippen molar-refractivity contribution in [1.29, 1.82) is 0 Å². The van der Waals surface area contributed by atoms with E-state index < -0.39 is 0 Å². The summed E-state index contributed by atoms with van der Waals surface area (Å²) in [5.74, 6) is 2.36. The van der Waals surface area contributed by atoms with Crippen molar-refractivity contribution in [1.82, 2.24) is 0 Å². The average molecular weight is 308 g/mol. The summed E-state index contributed by atoms with van der Waals surface area (Å²) in [6.45, 7) is 4.57. The van der Waals surface area contributed by atoms with Crippen LogP contribution < -0.4 is 0 Å². The predicted molar refractivity (Wildman–Crippen MR) is 85.1 cm³/mol. The van der Waals surface area contributed by atoms with Crippen molar-refractivity contribution >= 4 is 0 Å². The van der Waals surface area contributed by atoms with Gasteiger partial charge in [-0.25, -0.2) is 0 Å². The Morgan fingerprint density at radius 3 is 2.32 bits per heavy atom. The molecule has 126 valence electrons. The summed E-state index contributed by atoms with van der Waals surface area (Å²) in [5.41, 5.74) is 0.0105. The minimum absolute atomic E-state index is 0.110. The average Bonchev–Trinajstić information content (AvgIpc) is 2.79. The Labute approximate surface area is 134 Å². The normalized spacial score (nSPS) is 61.2. The van der Waals surface area contributed by atoms with E-state index in [1.807, 2.05) is 0 Å². The third kappa shape index (κ3) is 1.85. The first kappa shape index (κ1) is 15.4. The molecule has 9 atom stereocenters. The Morgan fingerprint density at radius 2 is 1.55 bits per heavy atom. The molecule has 4 saturated carbocycles. The van der Waals surface area contributed by atoms with Gasteiger partial charge in [-0.05, 0) is 80.5 Å². The third-order valence-electron chi connectivity index (χ3n) is 8.70. The first-order valence-electron chi connectivity index (χ1n) is 9.41. The number of fused-ring (bicyclic) bond motifs is 5.